The van der Waals surface area contributed by atoms with Crippen molar-refractivity contribution in [3.63, 3.8) is 0 Å². The SMILES string of the molecule is CNC(=O)c1cccnc1NC(C)c1ccc(S(C)(=O)=O)cc1. The van der Waals surface area contributed by atoms with E-state index in [1.54, 1.807) is 49.6 Å². The smallest absolute Gasteiger partial charge is 0.254 e. The van der Waals surface area contributed by atoms with Crippen LogP contribution in [0.2, 0.25) is 0 Å². The topological polar surface area (TPSA) is 88.2 Å². The van der Waals surface area contributed by atoms with Gasteiger partial charge in [0.15, 0.2) is 9.84 Å². The van der Waals surface area contributed by atoms with Gasteiger partial charge in [0, 0.05) is 25.5 Å². The van der Waals surface area contributed by atoms with Gasteiger partial charge >= 0.3 is 0 Å². The summed E-state index contributed by atoms with van der Waals surface area (Å²) in [4.78, 5) is 16.3. The molecule has 0 saturated carbocycles. The first-order chi connectivity index (χ1) is 10.8. The second-order valence-electron chi connectivity index (χ2n) is 5.19. The Morgan fingerprint density at radius 2 is 1.83 bits per heavy atom. The van der Waals surface area contributed by atoms with Gasteiger partial charge in [0.1, 0.15) is 5.82 Å². The van der Waals surface area contributed by atoms with E-state index >= 15 is 0 Å². The van der Waals surface area contributed by atoms with Crippen LogP contribution in [0.15, 0.2) is 47.5 Å². The fourth-order valence-electron chi connectivity index (χ4n) is 2.13. The Morgan fingerprint density at radius 1 is 1.17 bits per heavy atom. The summed E-state index contributed by atoms with van der Waals surface area (Å²) in [5, 5.41) is 5.75. The highest BCUT2D eigenvalue weighted by atomic mass is 32.2. The van der Waals surface area contributed by atoms with Gasteiger partial charge in [-0.2, -0.15) is 0 Å². The minimum atomic E-state index is -3.21. The molecule has 7 heteroatoms. The fraction of sp³-hybridized carbons (Fsp3) is 0.250. The van der Waals surface area contributed by atoms with E-state index in [2.05, 4.69) is 15.6 Å². The summed E-state index contributed by atoms with van der Waals surface area (Å²) in [6.45, 7) is 1.91. The van der Waals surface area contributed by atoms with Gasteiger partial charge in [-0.3, -0.25) is 4.79 Å². The van der Waals surface area contributed by atoms with Gasteiger partial charge < -0.3 is 10.6 Å². The molecule has 0 aliphatic rings. The van der Waals surface area contributed by atoms with Crippen LogP contribution in [0.1, 0.15) is 28.9 Å². The third kappa shape index (κ3) is 4.07. The van der Waals surface area contributed by atoms with E-state index in [1.165, 1.54) is 6.26 Å². The van der Waals surface area contributed by atoms with Gasteiger partial charge in [-0.05, 0) is 36.8 Å². The lowest BCUT2D eigenvalue weighted by Gasteiger charge is -2.17. The van der Waals surface area contributed by atoms with Crippen molar-refractivity contribution in [2.75, 3.05) is 18.6 Å². The number of amides is 1. The molecule has 6 nitrogen and oxygen atoms in total. The van der Waals surface area contributed by atoms with E-state index < -0.39 is 9.84 Å². The van der Waals surface area contributed by atoms with Crippen molar-refractivity contribution < 1.29 is 13.2 Å². The number of rotatable bonds is 5. The van der Waals surface area contributed by atoms with Crippen LogP contribution in [-0.2, 0) is 9.84 Å². The van der Waals surface area contributed by atoms with E-state index in [0.29, 0.717) is 11.4 Å². The zero-order valence-electron chi connectivity index (χ0n) is 13.2. The predicted octanol–water partition coefficient (Wildman–Crippen LogP) is 2.02. The third-order valence-corrected chi connectivity index (χ3v) is 4.57. The lowest BCUT2D eigenvalue weighted by atomic mass is 10.1. The molecule has 1 unspecified atom stereocenters. The molecule has 1 atom stereocenters. The Balaban J connectivity index is 2.23. The van der Waals surface area contributed by atoms with Gasteiger partial charge in [-0.25, -0.2) is 13.4 Å². The maximum atomic E-state index is 11.8. The van der Waals surface area contributed by atoms with E-state index in [4.69, 9.17) is 0 Å². The molecule has 1 heterocycles. The second kappa shape index (κ2) is 6.78. The van der Waals surface area contributed by atoms with Crippen molar-refractivity contribution >= 4 is 21.6 Å². The molecule has 1 amide bonds. The van der Waals surface area contributed by atoms with Crippen molar-refractivity contribution in [1.82, 2.24) is 10.3 Å². The second-order valence-corrected chi connectivity index (χ2v) is 7.20. The normalized spacial score (nSPS) is 12.5. The lowest BCUT2D eigenvalue weighted by molar-refractivity contribution is 0.0963. The predicted molar refractivity (Wildman–Crippen MR) is 89.2 cm³/mol. The number of hydrogen-bond acceptors (Lipinski definition) is 5. The molecule has 0 spiro atoms. The Labute approximate surface area is 135 Å². The molecule has 1 aromatic heterocycles. The average molecular weight is 333 g/mol. The summed E-state index contributed by atoms with van der Waals surface area (Å²) < 4.78 is 23.0. The Hall–Kier alpha value is -2.41. The van der Waals surface area contributed by atoms with Crippen LogP contribution in [0.4, 0.5) is 5.82 Å². The van der Waals surface area contributed by atoms with E-state index in [-0.39, 0.29) is 16.8 Å². The number of pyridine rings is 1. The highest BCUT2D eigenvalue weighted by Gasteiger charge is 2.14. The minimum absolute atomic E-state index is 0.137. The molecule has 0 aliphatic carbocycles. The standard InChI is InChI=1S/C16H19N3O3S/c1-11(12-6-8-13(9-7-12)23(3,21)22)19-15-14(16(20)17-2)5-4-10-18-15/h4-11H,1-3H3,(H,17,20)(H,18,19). The van der Waals surface area contributed by atoms with Gasteiger partial charge in [0.25, 0.3) is 5.91 Å². The monoisotopic (exact) mass is 333 g/mol. The average Bonchev–Trinajstić information content (AvgIpc) is 2.54. The number of carbonyl (C=O) groups excluding carboxylic acids is 1. The lowest BCUT2D eigenvalue weighted by Crippen LogP contribution is -2.21. The summed E-state index contributed by atoms with van der Waals surface area (Å²) in [5.74, 6) is 0.256. The largest absolute Gasteiger partial charge is 0.363 e. The molecular formula is C16H19N3O3S. The third-order valence-electron chi connectivity index (χ3n) is 3.44. The first-order valence-corrected chi connectivity index (χ1v) is 8.95. The molecule has 2 rings (SSSR count). The van der Waals surface area contributed by atoms with Crippen molar-refractivity contribution in [2.45, 2.75) is 17.9 Å². The molecule has 2 N–H and O–H groups in total. The van der Waals surface area contributed by atoms with Crippen LogP contribution < -0.4 is 10.6 Å². The number of sulfone groups is 1. The summed E-state index contributed by atoms with van der Waals surface area (Å²) >= 11 is 0. The van der Waals surface area contributed by atoms with Crippen LogP contribution in [0.3, 0.4) is 0 Å². The van der Waals surface area contributed by atoms with Crippen molar-refractivity contribution in [3.05, 3.63) is 53.7 Å². The number of anilines is 1. The van der Waals surface area contributed by atoms with E-state index in [0.717, 1.165) is 5.56 Å². The summed E-state index contributed by atoms with van der Waals surface area (Å²) in [6.07, 6.45) is 2.78. The molecule has 0 aliphatic heterocycles. The Kier molecular flexibility index (Phi) is 5.00. The number of aromatic nitrogens is 1. The van der Waals surface area contributed by atoms with Gasteiger partial charge in [-0.1, -0.05) is 12.1 Å². The number of benzene rings is 1. The quantitative estimate of drug-likeness (QED) is 0.874. The van der Waals surface area contributed by atoms with Crippen LogP contribution in [0.25, 0.3) is 0 Å². The van der Waals surface area contributed by atoms with Gasteiger partial charge in [0.2, 0.25) is 0 Å². The minimum Gasteiger partial charge on any atom is -0.363 e. The molecule has 0 bridgehead atoms. The summed E-state index contributed by atoms with van der Waals surface area (Å²) in [6, 6.07) is 9.88. The highest BCUT2D eigenvalue weighted by molar-refractivity contribution is 7.90. The molecule has 0 fully saturated rings. The summed E-state index contributed by atoms with van der Waals surface area (Å²) in [7, 11) is -1.65. The molecule has 2 aromatic rings. The van der Waals surface area contributed by atoms with Crippen molar-refractivity contribution in [3.8, 4) is 0 Å². The number of nitrogens with one attached hydrogen (secondary N) is 2. The molecule has 122 valence electrons. The van der Waals surface area contributed by atoms with Crippen LogP contribution in [0, 0.1) is 0 Å². The Bertz CT molecular complexity index is 802. The van der Waals surface area contributed by atoms with Crippen molar-refractivity contribution in [1.29, 1.82) is 0 Å². The molecule has 23 heavy (non-hydrogen) atoms. The molecule has 0 radical (unpaired) electrons. The zero-order valence-corrected chi connectivity index (χ0v) is 14.0. The van der Waals surface area contributed by atoms with Crippen LogP contribution in [0.5, 0.6) is 0 Å². The zero-order chi connectivity index (χ0) is 17.0. The molecular weight excluding hydrogens is 314 g/mol. The maximum absolute atomic E-state index is 11.8. The molecule has 1 aromatic carbocycles. The van der Waals surface area contributed by atoms with Crippen LogP contribution in [-0.4, -0.2) is 32.6 Å². The first-order valence-electron chi connectivity index (χ1n) is 7.06. The highest BCUT2D eigenvalue weighted by Crippen LogP contribution is 2.22. The number of hydrogen-bond donors (Lipinski definition) is 2. The fourth-order valence-corrected chi connectivity index (χ4v) is 2.76. The number of nitrogens with zero attached hydrogens (tertiary/aromatic N) is 1. The summed E-state index contributed by atoms with van der Waals surface area (Å²) in [5.41, 5.74) is 1.35. The van der Waals surface area contributed by atoms with Gasteiger partial charge in [-0.15, -0.1) is 0 Å². The van der Waals surface area contributed by atoms with Gasteiger partial charge in [0.05, 0.1) is 10.5 Å². The Morgan fingerprint density at radius 3 is 2.39 bits per heavy atom. The number of carbonyl (C=O) groups is 1. The molecule has 0 saturated heterocycles. The van der Waals surface area contributed by atoms with Crippen LogP contribution >= 0.6 is 0 Å². The van der Waals surface area contributed by atoms with E-state index in [9.17, 15) is 13.2 Å². The van der Waals surface area contributed by atoms with E-state index in [1.807, 2.05) is 6.92 Å². The first kappa shape index (κ1) is 17.0. The maximum Gasteiger partial charge on any atom is 0.254 e. The van der Waals surface area contributed by atoms with Crippen molar-refractivity contribution in [2.24, 2.45) is 0 Å².